The molecule has 3 rings (SSSR count). The second-order valence-electron chi connectivity index (χ2n) is 6.14. The molecule has 146 valence electrons. The predicted octanol–water partition coefficient (Wildman–Crippen LogP) is 3.86. The monoisotopic (exact) mass is 399 g/mol. The fourth-order valence-electron chi connectivity index (χ4n) is 2.68. The lowest BCUT2D eigenvalue weighted by atomic mass is 10.1. The van der Waals surface area contributed by atoms with Gasteiger partial charge in [0.05, 0.1) is 14.2 Å². The van der Waals surface area contributed by atoms with Crippen molar-refractivity contribution >= 4 is 22.4 Å². The Kier molecular flexibility index (Phi) is 6.10. The van der Waals surface area contributed by atoms with Gasteiger partial charge < -0.3 is 14.2 Å². The minimum atomic E-state index is -0.297. The first kappa shape index (κ1) is 19.6. The first-order valence-corrected chi connectivity index (χ1v) is 9.37. The van der Waals surface area contributed by atoms with Gasteiger partial charge in [0.2, 0.25) is 5.13 Å². The second-order valence-corrected chi connectivity index (χ2v) is 7.12. The number of aryl methyl sites for hydroxylation is 2. The van der Waals surface area contributed by atoms with Crippen molar-refractivity contribution in [2.75, 3.05) is 26.1 Å². The van der Waals surface area contributed by atoms with E-state index >= 15 is 0 Å². The number of hydrogen-bond acceptors (Lipinski definition) is 7. The molecular formula is C20H21N3O4S. The Morgan fingerprint density at radius 2 is 1.71 bits per heavy atom. The summed E-state index contributed by atoms with van der Waals surface area (Å²) in [6, 6.07) is 11.3. The molecule has 1 heterocycles. The smallest absolute Gasteiger partial charge is 0.264 e. The van der Waals surface area contributed by atoms with Crippen LogP contribution in [-0.4, -0.2) is 36.9 Å². The van der Waals surface area contributed by atoms with Crippen molar-refractivity contribution in [1.82, 2.24) is 10.2 Å². The normalized spacial score (nSPS) is 10.4. The summed E-state index contributed by atoms with van der Waals surface area (Å²) in [4.78, 5) is 12.2. The highest BCUT2D eigenvalue weighted by Crippen LogP contribution is 2.34. The number of nitrogens with zero attached hydrogens (tertiary/aromatic N) is 2. The van der Waals surface area contributed by atoms with Crippen LogP contribution in [-0.2, 0) is 4.79 Å². The van der Waals surface area contributed by atoms with Crippen molar-refractivity contribution in [2.24, 2.45) is 0 Å². The van der Waals surface area contributed by atoms with Crippen LogP contribution in [0.3, 0.4) is 0 Å². The van der Waals surface area contributed by atoms with Crippen LogP contribution in [0.2, 0.25) is 0 Å². The highest BCUT2D eigenvalue weighted by atomic mass is 32.1. The maximum absolute atomic E-state index is 12.2. The zero-order valence-electron chi connectivity index (χ0n) is 16.1. The SMILES string of the molecule is COc1ccc(-c2nnc(NC(=O)COc3cc(C)cc(C)c3)s2)cc1OC. The van der Waals surface area contributed by atoms with Gasteiger partial charge in [0, 0.05) is 5.56 Å². The first-order chi connectivity index (χ1) is 13.5. The lowest BCUT2D eigenvalue weighted by Gasteiger charge is -2.08. The fourth-order valence-corrected chi connectivity index (χ4v) is 3.44. The van der Waals surface area contributed by atoms with Gasteiger partial charge in [-0.25, -0.2) is 0 Å². The lowest BCUT2D eigenvalue weighted by molar-refractivity contribution is -0.118. The molecular weight excluding hydrogens is 378 g/mol. The van der Waals surface area contributed by atoms with Crippen LogP contribution in [0.25, 0.3) is 10.6 Å². The maximum atomic E-state index is 12.2. The van der Waals surface area contributed by atoms with Gasteiger partial charge in [-0.1, -0.05) is 17.4 Å². The van der Waals surface area contributed by atoms with Gasteiger partial charge in [0.25, 0.3) is 5.91 Å². The third-order valence-electron chi connectivity index (χ3n) is 3.87. The van der Waals surface area contributed by atoms with Crippen molar-refractivity contribution < 1.29 is 19.0 Å². The number of methoxy groups -OCH3 is 2. The van der Waals surface area contributed by atoms with E-state index in [0.29, 0.717) is 27.4 Å². The lowest BCUT2D eigenvalue weighted by Crippen LogP contribution is -2.20. The Labute approximate surface area is 167 Å². The van der Waals surface area contributed by atoms with Gasteiger partial charge in [0.1, 0.15) is 10.8 Å². The van der Waals surface area contributed by atoms with Crippen LogP contribution in [0.5, 0.6) is 17.2 Å². The van der Waals surface area contributed by atoms with Gasteiger partial charge in [0.15, 0.2) is 18.1 Å². The molecule has 2 aromatic carbocycles. The number of benzene rings is 2. The molecule has 1 aromatic heterocycles. The first-order valence-electron chi connectivity index (χ1n) is 8.55. The zero-order valence-corrected chi connectivity index (χ0v) is 16.9. The van der Waals surface area contributed by atoms with Crippen LogP contribution in [0.4, 0.5) is 5.13 Å². The van der Waals surface area contributed by atoms with Crippen LogP contribution in [0.15, 0.2) is 36.4 Å². The fraction of sp³-hybridized carbons (Fsp3) is 0.250. The van der Waals surface area contributed by atoms with Gasteiger partial charge in [-0.2, -0.15) is 0 Å². The molecule has 8 heteroatoms. The number of ether oxygens (including phenoxy) is 3. The van der Waals surface area contributed by atoms with E-state index < -0.39 is 0 Å². The summed E-state index contributed by atoms with van der Waals surface area (Å²) in [5.74, 6) is 1.60. The summed E-state index contributed by atoms with van der Waals surface area (Å²) in [5.41, 5.74) is 2.99. The van der Waals surface area contributed by atoms with Crippen molar-refractivity contribution in [3.05, 3.63) is 47.5 Å². The van der Waals surface area contributed by atoms with Crippen LogP contribution >= 0.6 is 11.3 Å². The zero-order chi connectivity index (χ0) is 20.1. The number of amides is 1. The van der Waals surface area contributed by atoms with E-state index in [1.54, 1.807) is 20.3 Å². The van der Waals surface area contributed by atoms with Crippen molar-refractivity contribution in [3.8, 4) is 27.8 Å². The minimum Gasteiger partial charge on any atom is -0.493 e. The Balaban J connectivity index is 1.63. The topological polar surface area (TPSA) is 82.6 Å². The van der Waals surface area contributed by atoms with E-state index in [1.165, 1.54) is 11.3 Å². The van der Waals surface area contributed by atoms with E-state index in [-0.39, 0.29) is 12.5 Å². The summed E-state index contributed by atoms with van der Waals surface area (Å²) in [5, 5.41) is 11.9. The molecule has 0 bridgehead atoms. The number of nitrogens with one attached hydrogen (secondary N) is 1. The standard InChI is InChI=1S/C20H21N3O4S/c1-12-7-13(2)9-15(8-12)27-11-18(24)21-20-23-22-19(28-20)14-5-6-16(25-3)17(10-14)26-4/h5-10H,11H2,1-4H3,(H,21,23,24). The van der Waals surface area contributed by atoms with E-state index in [1.807, 2.05) is 44.2 Å². The van der Waals surface area contributed by atoms with Crippen molar-refractivity contribution in [2.45, 2.75) is 13.8 Å². The number of carbonyl (C=O) groups is 1. The molecule has 0 saturated carbocycles. The van der Waals surface area contributed by atoms with Crippen molar-refractivity contribution in [3.63, 3.8) is 0 Å². The molecule has 0 unspecified atom stereocenters. The Bertz CT molecular complexity index is 967. The molecule has 28 heavy (non-hydrogen) atoms. The van der Waals surface area contributed by atoms with Crippen molar-refractivity contribution in [1.29, 1.82) is 0 Å². The second kappa shape index (κ2) is 8.71. The van der Waals surface area contributed by atoms with E-state index in [4.69, 9.17) is 14.2 Å². The molecule has 0 aliphatic heterocycles. The minimum absolute atomic E-state index is 0.103. The van der Waals surface area contributed by atoms with Gasteiger partial charge in [-0.15, -0.1) is 10.2 Å². The summed E-state index contributed by atoms with van der Waals surface area (Å²) in [7, 11) is 3.15. The number of aromatic nitrogens is 2. The predicted molar refractivity (Wildman–Crippen MR) is 108 cm³/mol. The summed E-state index contributed by atoms with van der Waals surface area (Å²) < 4.78 is 16.1. The summed E-state index contributed by atoms with van der Waals surface area (Å²) in [6.07, 6.45) is 0. The number of carbonyl (C=O) groups excluding carboxylic acids is 1. The molecule has 1 N–H and O–H groups in total. The molecule has 0 fully saturated rings. The van der Waals surface area contributed by atoms with Crippen LogP contribution in [0, 0.1) is 13.8 Å². The highest BCUT2D eigenvalue weighted by molar-refractivity contribution is 7.18. The third kappa shape index (κ3) is 4.77. The molecule has 0 radical (unpaired) electrons. The number of rotatable bonds is 7. The van der Waals surface area contributed by atoms with Gasteiger partial charge in [-0.05, 0) is 55.3 Å². The molecule has 0 saturated heterocycles. The number of hydrogen-bond donors (Lipinski definition) is 1. The number of anilines is 1. The Morgan fingerprint density at radius 3 is 2.39 bits per heavy atom. The molecule has 1 amide bonds. The van der Waals surface area contributed by atoms with E-state index in [9.17, 15) is 4.79 Å². The summed E-state index contributed by atoms with van der Waals surface area (Å²) >= 11 is 1.27. The van der Waals surface area contributed by atoms with Crippen LogP contribution < -0.4 is 19.5 Å². The average molecular weight is 399 g/mol. The molecule has 7 nitrogen and oxygen atoms in total. The largest absolute Gasteiger partial charge is 0.493 e. The molecule has 0 atom stereocenters. The molecule has 3 aromatic rings. The molecule has 0 aliphatic carbocycles. The van der Waals surface area contributed by atoms with E-state index in [2.05, 4.69) is 15.5 Å². The Hall–Kier alpha value is -3.13. The van der Waals surface area contributed by atoms with E-state index in [0.717, 1.165) is 16.7 Å². The third-order valence-corrected chi connectivity index (χ3v) is 4.75. The van der Waals surface area contributed by atoms with Crippen LogP contribution in [0.1, 0.15) is 11.1 Å². The Morgan fingerprint density at radius 1 is 1.00 bits per heavy atom. The quantitative estimate of drug-likeness (QED) is 0.650. The van der Waals surface area contributed by atoms with Gasteiger partial charge in [-0.3, -0.25) is 10.1 Å². The molecule has 0 aliphatic rings. The highest BCUT2D eigenvalue weighted by Gasteiger charge is 2.13. The van der Waals surface area contributed by atoms with Gasteiger partial charge >= 0.3 is 0 Å². The maximum Gasteiger partial charge on any atom is 0.264 e. The molecule has 0 spiro atoms. The average Bonchev–Trinajstić information content (AvgIpc) is 3.13. The summed E-state index contributed by atoms with van der Waals surface area (Å²) in [6.45, 7) is 3.86.